The Morgan fingerprint density at radius 2 is 0.718 bits per heavy atom. The van der Waals surface area contributed by atoms with Crippen LogP contribution in [0.15, 0.2) is 311 Å². The number of carbonyl (C=O) groups is 8. The number of Topliss-reactive ketones (excluding diaryl/α,β-unsaturated/α-hetero) is 6. The molecule has 0 radical (unpaired) electrons. The van der Waals surface area contributed by atoms with E-state index in [1.807, 2.05) is 48.8 Å². The summed E-state index contributed by atoms with van der Waals surface area (Å²) in [4.78, 5) is 125. The van der Waals surface area contributed by atoms with E-state index in [-0.39, 0.29) is 98.4 Å². The Kier molecular flexibility index (Phi) is 34.3. The van der Waals surface area contributed by atoms with Crippen LogP contribution in [0, 0.1) is 0 Å². The lowest BCUT2D eigenvalue weighted by atomic mass is 10.0. The van der Waals surface area contributed by atoms with Gasteiger partial charge in [-0.2, -0.15) is 30.6 Å². The second-order valence-corrected chi connectivity index (χ2v) is 29.3. The normalized spacial score (nSPS) is 10.4. The first kappa shape index (κ1) is 97.0. The summed E-state index contributed by atoms with van der Waals surface area (Å²) in [6, 6.07) is 54.5. The second kappa shape index (κ2) is 46.3. The summed E-state index contributed by atoms with van der Waals surface area (Å²) in [6.45, 7) is 7.20. The van der Waals surface area contributed by atoms with Gasteiger partial charge in [-0.05, 0) is 180 Å². The van der Waals surface area contributed by atoms with Crippen molar-refractivity contribution in [3.05, 3.63) is 359 Å². The molecule has 8 aromatic carbocycles. The first-order valence-electron chi connectivity index (χ1n) is 38.9. The van der Waals surface area contributed by atoms with E-state index in [2.05, 4.69) is 67.2 Å². The molecule has 0 bridgehead atoms. The Morgan fingerprint density at radius 3 is 1.07 bits per heavy atom. The molecule has 37 heteroatoms. The Morgan fingerprint density at radius 1 is 0.397 bits per heavy atom. The topological polar surface area (TPSA) is 463 Å². The van der Waals surface area contributed by atoms with Gasteiger partial charge in [0.05, 0.1) is 111 Å². The standard InChI is InChI=1S/C15H14N2O5.C13H9ClN2O2.C13H8N2O4.C13H10N2O3.C12H12N2O2.C11H10N2O2.C9H9BrO2.C8H7BrO2/c1-2-22-15(21)14(20)9-13(19)11-5-4-10(8-12(11)18)17-7-3-6-16-17;14-8-10-7-12(17)11-3-2-9(6-13(11)18-10)16-5-1-4-15-16;16-10-7-12(13(17)18)19-11-6-8(2-3-9(10)11)15-5-1-4-14-15;16-8-10-7-12(17)11-3-2-9(6-13(11)18-10)15-5-1-4-14-15;1-9(15)11-5-4-10(8-12(11)16-2)14-7-3-6-13-14;1-8(14)10-4-3-9(7-11(10)15)13-6-2-5-12-13;1-6(11)8-4-3-7(10)5-9(8)12-2;1-5(10)7-3-2-6(9)4-8(7)11/h3-8,18H,2,9H2,1H3;1-7H,8H2;1-7H,(H,17,18);1-7,16H,8H2;3-8H,1-2H3;2-7,15H,1H3;3-5H,1-2H3;2-4,11H,1H3. The summed E-state index contributed by atoms with van der Waals surface area (Å²) in [5.41, 5.74) is 6.87. The van der Waals surface area contributed by atoms with Gasteiger partial charge < -0.3 is 53.0 Å². The molecule has 0 atom stereocenters. The Hall–Kier alpha value is -16.2. The minimum Gasteiger partial charge on any atom is -0.507 e. The number of aromatic hydroxyl groups is 3. The minimum absolute atomic E-state index is 0.0103. The van der Waals surface area contributed by atoms with E-state index in [0.717, 1.165) is 37.8 Å². The first-order chi connectivity index (χ1) is 62.9. The molecular formula is C94H79Br2ClN12O22. The zero-order chi connectivity index (χ0) is 94.5. The molecule has 0 fully saturated rings. The molecule has 0 aliphatic heterocycles. The van der Waals surface area contributed by atoms with E-state index < -0.39 is 29.9 Å². The van der Waals surface area contributed by atoms with Gasteiger partial charge in [0.25, 0.3) is 0 Å². The number of aromatic nitrogens is 12. The van der Waals surface area contributed by atoms with Crippen LogP contribution in [-0.2, 0) is 26.8 Å². The summed E-state index contributed by atoms with van der Waals surface area (Å²) >= 11 is 12.2. The van der Waals surface area contributed by atoms with Crippen LogP contribution in [0.5, 0.6) is 28.7 Å². The number of methoxy groups -OCH3 is 2. The molecule has 0 spiro atoms. The van der Waals surface area contributed by atoms with Crippen molar-refractivity contribution in [3.63, 3.8) is 0 Å². The van der Waals surface area contributed by atoms with Gasteiger partial charge >= 0.3 is 11.9 Å². The number of ether oxygens (including phenoxy) is 3. The van der Waals surface area contributed by atoms with Gasteiger partial charge in [0, 0.05) is 138 Å². The Balaban J connectivity index is 0.000000157. The van der Waals surface area contributed by atoms with Crippen LogP contribution in [0.2, 0.25) is 0 Å². The number of ketones is 6. The van der Waals surface area contributed by atoms with E-state index in [1.165, 1.54) is 68.8 Å². The number of carbonyl (C=O) groups excluding carboxylic acids is 7. The second-order valence-electron chi connectivity index (χ2n) is 27.2. The predicted octanol–water partition coefficient (Wildman–Crippen LogP) is 16.0. The van der Waals surface area contributed by atoms with Gasteiger partial charge in [-0.1, -0.05) is 31.9 Å². The predicted molar refractivity (Wildman–Crippen MR) is 489 cm³/mol. The fraction of sp³-hybridized carbons (Fsp3) is 0.117. The van der Waals surface area contributed by atoms with Crippen molar-refractivity contribution < 1.29 is 91.4 Å². The van der Waals surface area contributed by atoms with Crippen LogP contribution >= 0.6 is 43.5 Å². The smallest absolute Gasteiger partial charge is 0.375 e. The molecule has 131 heavy (non-hydrogen) atoms. The molecule has 668 valence electrons. The number of phenolic OH excluding ortho intramolecular Hbond substituents is 3. The molecule has 0 saturated heterocycles. The lowest BCUT2D eigenvalue weighted by Crippen LogP contribution is -2.20. The van der Waals surface area contributed by atoms with E-state index in [1.54, 1.807) is 228 Å². The number of alkyl halides is 1. The highest BCUT2D eigenvalue weighted by molar-refractivity contribution is 9.10. The number of aliphatic hydroxyl groups is 1. The fourth-order valence-electron chi connectivity index (χ4n) is 12.0. The van der Waals surface area contributed by atoms with Gasteiger partial charge in [-0.3, -0.25) is 43.2 Å². The van der Waals surface area contributed by atoms with Crippen molar-refractivity contribution in [1.82, 2.24) is 58.7 Å². The highest BCUT2D eigenvalue weighted by Crippen LogP contribution is 2.29. The van der Waals surface area contributed by atoms with Crippen LogP contribution in [0.4, 0.5) is 0 Å². The van der Waals surface area contributed by atoms with Gasteiger partial charge in [0.1, 0.15) is 63.6 Å². The highest BCUT2D eigenvalue weighted by Gasteiger charge is 2.23. The maximum atomic E-state index is 12.0. The first-order valence-corrected chi connectivity index (χ1v) is 41.1. The number of carboxylic acids is 1. The number of esters is 1. The van der Waals surface area contributed by atoms with Crippen molar-refractivity contribution >= 4 is 123 Å². The van der Waals surface area contributed by atoms with Crippen LogP contribution < -0.4 is 25.8 Å². The molecule has 0 aliphatic carbocycles. The van der Waals surface area contributed by atoms with Gasteiger partial charge in [0.15, 0.2) is 45.2 Å². The van der Waals surface area contributed by atoms with Crippen molar-refractivity contribution in [1.29, 1.82) is 0 Å². The average Bonchev–Trinajstić information content (AvgIpc) is 1.78. The fourth-order valence-corrected chi connectivity index (χ4v) is 12.8. The number of halogens is 3. The number of carboxylic acid groups (broad SMARTS) is 1. The Labute approximate surface area is 764 Å². The number of aliphatic hydroxyl groups excluding tert-OH is 1. The number of rotatable bonds is 20. The molecule has 17 rings (SSSR count). The van der Waals surface area contributed by atoms with Crippen molar-refractivity contribution in [2.24, 2.45) is 0 Å². The van der Waals surface area contributed by atoms with E-state index >= 15 is 0 Å². The summed E-state index contributed by atoms with van der Waals surface area (Å²) in [5, 5.41) is 72.4. The lowest BCUT2D eigenvalue weighted by Gasteiger charge is -2.08. The molecule has 0 saturated carbocycles. The summed E-state index contributed by atoms with van der Waals surface area (Å²) in [6.07, 6.45) is 19.9. The third-order valence-electron chi connectivity index (χ3n) is 18.3. The number of benzene rings is 8. The molecule has 0 aliphatic rings. The number of aromatic carboxylic acids is 1. The van der Waals surface area contributed by atoms with Gasteiger partial charge in [0.2, 0.25) is 11.5 Å². The molecule has 17 aromatic rings. The van der Waals surface area contributed by atoms with Crippen molar-refractivity contribution in [3.8, 4) is 62.9 Å². The third kappa shape index (κ3) is 26.3. The van der Waals surface area contributed by atoms with Crippen LogP contribution in [0.25, 0.3) is 67.0 Å². The maximum absolute atomic E-state index is 12.0. The average molecular weight is 1920 g/mol. The summed E-state index contributed by atoms with van der Waals surface area (Å²) < 4.78 is 42.4. The number of nitrogens with zero attached hydrogens (tertiary/aromatic N) is 12. The lowest BCUT2D eigenvalue weighted by molar-refractivity contribution is -0.153. The van der Waals surface area contributed by atoms with Crippen LogP contribution in [-0.4, -0.2) is 152 Å². The summed E-state index contributed by atoms with van der Waals surface area (Å²) in [5.74, 6) is -2.78. The SMILES string of the molecule is CC(=O)c1ccc(-n2cccn2)cc1O.CC(=O)c1ccc(Br)cc1O.CCOC(=O)C(=O)CC(=O)c1ccc(-n2cccn2)cc1O.COc1cc(-n2cccn2)ccc1C(C)=O.COc1cc(Br)ccc1C(C)=O.O=C(O)c1cc(=O)c2ccc(-n3cccn3)cc2o1.O=c1cc(CCl)oc2cc(-n3cccn3)ccc12.O=c1cc(CO)oc2cc(-n3cccn3)ccc12. The van der Waals surface area contributed by atoms with E-state index in [9.17, 15) is 68.1 Å². The zero-order valence-electron chi connectivity index (χ0n) is 70.5. The molecule has 5 N–H and O–H groups in total. The third-order valence-corrected chi connectivity index (χ3v) is 19.5. The molecule has 9 heterocycles. The van der Waals surface area contributed by atoms with Crippen LogP contribution in [0.3, 0.4) is 0 Å². The number of hydrogen-bond acceptors (Lipinski definition) is 27. The molecule has 34 nitrogen and oxygen atoms in total. The maximum Gasteiger partial charge on any atom is 0.375 e. The Bertz CT molecular complexity index is 6970. The quantitative estimate of drug-likeness (QED) is 0.0155. The van der Waals surface area contributed by atoms with Gasteiger partial charge in [-0.15, -0.1) is 11.6 Å². The highest BCUT2D eigenvalue weighted by atomic mass is 79.9. The van der Waals surface area contributed by atoms with Crippen LogP contribution in [0.1, 0.15) is 115 Å². The monoisotopic (exact) mass is 1920 g/mol. The van der Waals surface area contributed by atoms with Crippen molar-refractivity contribution in [2.45, 2.75) is 53.5 Å². The number of phenols is 3. The largest absolute Gasteiger partial charge is 0.507 e. The van der Waals surface area contributed by atoms with E-state index in [0.29, 0.717) is 78.2 Å². The summed E-state index contributed by atoms with van der Waals surface area (Å²) in [7, 11) is 3.10. The minimum atomic E-state index is -1.27. The van der Waals surface area contributed by atoms with Crippen molar-refractivity contribution in [2.75, 3.05) is 20.8 Å². The number of hydrogen-bond donors (Lipinski definition) is 5. The molecule has 0 amide bonds. The van der Waals surface area contributed by atoms with E-state index in [4.69, 9.17) is 44.5 Å². The molecule has 9 aromatic heterocycles. The molecular weight excluding hydrogens is 1840 g/mol. The van der Waals surface area contributed by atoms with Gasteiger partial charge in [-0.25, -0.2) is 37.7 Å². The molecule has 0 unspecified atom stereocenters. The zero-order valence-corrected chi connectivity index (χ0v) is 74.4. The number of fused-ring (bicyclic) bond motifs is 3.